The van der Waals surface area contributed by atoms with Crippen LogP contribution in [-0.4, -0.2) is 0 Å². The highest BCUT2D eigenvalue weighted by atomic mass is 14.6. The van der Waals surface area contributed by atoms with Crippen molar-refractivity contribution < 1.29 is 0 Å². The number of unbranched alkanes of at least 4 members (excludes halogenated alkanes) is 2. The Morgan fingerprint density at radius 3 is 1.85 bits per heavy atom. The Labute approximate surface area is 205 Å². The van der Waals surface area contributed by atoms with E-state index < -0.39 is 0 Å². The Morgan fingerprint density at radius 1 is 0.667 bits per heavy atom. The molecule has 0 unspecified atom stereocenters. The Balaban J connectivity index is 1.15. The summed E-state index contributed by atoms with van der Waals surface area (Å²) in [5, 5.41) is 0. The van der Waals surface area contributed by atoms with Gasteiger partial charge in [0.05, 0.1) is 0 Å². The normalized spacial score (nSPS) is 39.0. The highest BCUT2D eigenvalue weighted by Crippen LogP contribution is 2.62. The minimum Gasteiger partial charge on any atom is -0.0654 e. The Morgan fingerprint density at radius 2 is 1.27 bits per heavy atom. The van der Waals surface area contributed by atoms with Crippen LogP contribution in [0.5, 0.6) is 0 Å². The first-order valence-corrected chi connectivity index (χ1v) is 15.3. The van der Waals surface area contributed by atoms with E-state index in [0.29, 0.717) is 5.41 Å². The molecule has 0 heterocycles. The fraction of sp³-hybridized carbons (Fsp3) is 0.818. The second-order valence-corrected chi connectivity index (χ2v) is 13.1. The van der Waals surface area contributed by atoms with Crippen molar-refractivity contribution in [3.8, 4) is 0 Å². The van der Waals surface area contributed by atoms with Gasteiger partial charge < -0.3 is 0 Å². The van der Waals surface area contributed by atoms with E-state index in [4.69, 9.17) is 0 Å². The van der Waals surface area contributed by atoms with Crippen LogP contribution in [0.1, 0.15) is 153 Å². The fourth-order valence-electron chi connectivity index (χ4n) is 9.02. The molecule has 0 radical (unpaired) electrons. The quantitative estimate of drug-likeness (QED) is 0.347. The maximum absolute atomic E-state index is 2.57. The summed E-state index contributed by atoms with van der Waals surface area (Å²) in [6.45, 7) is 4.72. The van der Waals surface area contributed by atoms with Crippen LogP contribution < -0.4 is 0 Å². The lowest BCUT2D eigenvalue weighted by Crippen LogP contribution is -2.48. The molecule has 6 rings (SSSR count). The van der Waals surface area contributed by atoms with Gasteiger partial charge in [-0.15, -0.1) is 0 Å². The molecule has 0 saturated heterocycles. The summed E-state index contributed by atoms with van der Waals surface area (Å²) in [4.78, 5) is 0. The van der Waals surface area contributed by atoms with Crippen LogP contribution in [0.3, 0.4) is 0 Å². The van der Waals surface area contributed by atoms with Gasteiger partial charge in [0.1, 0.15) is 0 Å². The molecule has 5 aliphatic rings. The minimum atomic E-state index is 0.525. The predicted octanol–water partition coefficient (Wildman–Crippen LogP) is 10.3. The zero-order valence-electron chi connectivity index (χ0n) is 22.1. The summed E-state index contributed by atoms with van der Waals surface area (Å²) in [6.07, 6.45) is 28.2. The lowest BCUT2D eigenvalue weighted by Gasteiger charge is -2.58. The van der Waals surface area contributed by atoms with Gasteiger partial charge in [-0.1, -0.05) is 83.1 Å². The van der Waals surface area contributed by atoms with Crippen LogP contribution in [0.4, 0.5) is 0 Å². The first kappa shape index (κ1) is 23.9. The molecule has 5 saturated carbocycles. The summed E-state index contributed by atoms with van der Waals surface area (Å²) in [6, 6.07) is 10.2. The molecule has 0 aliphatic heterocycles. The van der Waals surface area contributed by atoms with Gasteiger partial charge in [-0.25, -0.2) is 0 Å². The fourth-order valence-corrected chi connectivity index (χ4v) is 9.02. The van der Waals surface area contributed by atoms with Crippen molar-refractivity contribution >= 4 is 0 Å². The molecule has 184 valence electrons. The summed E-state index contributed by atoms with van der Waals surface area (Å²) in [5.41, 5.74) is 4.59. The standard InChI is InChI=1S/C33H52/c1-3-5-6-7-27-10-16-30(17-11-27)32-20-23-33(24-21-32,25-22-32)31-18-14-29(15-19-31)28-12-8-26(4-2)9-13-28/h14-15,18-19,26-28,30H,3-13,16-17,20-25H2,1-2H3. The van der Waals surface area contributed by atoms with Crippen molar-refractivity contribution in [3.63, 3.8) is 0 Å². The van der Waals surface area contributed by atoms with E-state index in [-0.39, 0.29) is 0 Å². The van der Waals surface area contributed by atoms with Gasteiger partial charge in [0, 0.05) is 0 Å². The van der Waals surface area contributed by atoms with Crippen molar-refractivity contribution in [2.24, 2.45) is 23.2 Å². The van der Waals surface area contributed by atoms with Gasteiger partial charge >= 0.3 is 0 Å². The highest BCUT2D eigenvalue weighted by Gasteiger charge is 2.52. The average Bonchev–Trinajstić information content (AvgIpc) is 2.90. The smallest absolute Gasteiger partial charge is 0.00463 e. The molecule has 5 fully saturated rings. The number of rotatable bonds is 8. The third-order valence-corrected chi connectivity index (χ3v) is 11.7. The third-order valence-electron chi connectivity index (χ3n) is 11.7. The van der Waals surface area contributed by atoms with Gasteiger partial charge in [0.2, 0.25) is 0 Å². The molecular formula is C33H52. The second-order valence-electron chi connectivity index (χ2n) is 13.1. The molecule has 0 N–H and O–H groups in total. The molecule has 0 nitrogen and oxygen atoms in total. The van der Waals surface area contributed by atoms with E-state index in [9.17, 15) is 0 Å². The molecule has 1 aromatic carbocycles. The number of fused-ring (bicyclic) bond motifs is 3. The first-order valence-electron chi connectivity index (χ1n) is 15.3. The SMILES string of the molecule is CCCCCC1CCC(C23CCC(c4ccc(C5CCC(CC)CC5)cc4)(CC2)CC3)CC1. The van der Waals surface area contributed by atoms with E-state index in [0.717, 1.165) is 29.1 Å². The zero-order chi connectivity index (χ0) is 22.7. The maximum Gasteiger partial charge on any atom is -0.00463 e. The van der Waals surface area contributed by atoms with Crippen molar-refractivity contribution in [2.75, 3.05) is 0 Å². The van der Waals surface area contributed by atoms with E-state index >= 15 is 0 Å². The molecule has 2 bridgehead atoms. The number of hydrogen-bond acceptors (Lipinski definition) is 0. The molecule has 0 amide bonds. The van der Waals surface area contributed by atoms with Crippen LogP contribution in [0, 0.1) is 23.2 Å². The lowest BCUT2D eigenvalue weighted by atomic mass is 9.47. The van der Waals surface area contributed by atoms with E-state index in [1.807, 2.05) is 0 Å². The Hall–Kier alpha value is -0.780. The summed E-state index contributed by atoms with van der Waals surface area (Å²) < 4.78 is 0. The monoisotopic (exact) mass is 448 g/mol. The van der Waals surface area contributed by atoms with Crippen LogP contribution in [0.25, 0.3) is 0 Å². The molecule has 0 atom stereocenters. The van der Waals surface area contributed by atoms with Gasteiger partial charge in [0.15, 0.2) is 0 Å². The molecule has 33 heavy (non-hydrogen) atoms. The molecule has 1 aromatic rings. The van der Waals surface area contributed by atoms with Crippen molar-refractivity contribution in [1.82, 2.24) is 0 Å². The minimum absolute atomic E-state index is 0.525. The summed E-state index contributed by atoms with van der Waals surface area (Å²) in [5.74, 6) is 3.95. The van der Waals surface area contributed by atoms with E-state index in [2.05, 4.69) is 38.1 Å². The van der Waals surface area contributed by atoms with E-state index in [1.165, 1.54) is 96.3 Å². The largest absolute Gasteiger partial charge is 0.0654 e. The van der Waals surface area contributed by atoms with Gasteiger partial charge in [-0.05, 0) is 123 Å². The first-order chi connectivity index (χ1) is 16.2. The average molecular weight is 449 g/mol. The number of hydrogen-bond donors (Lipinski definition) is 0. The zero-order valence-corrected chi connectivity index (χ0v) is 22.1. The molecule has 0 aromatic heterocycles. The van der Waals surface area contributed by atoms with Crippen molar-refractivity contribution in [2.45, 2.75) is 147 Å². The molecular weight excluding hydrogens is 396 g/mol. The Kier molecular flexibility index (Phi) is 7.58. The maximum atomic E-state index is 2.57. The van der Waals surface area contributed by atoms with Crippen molar-refractivity contribution in [3.05, 3.63) is 35.4 Å². The third kappa shape index (κ3) is 4.97. The molecule has 0 heteroatoms. The predicted molar refractivity (Wildman–Crippen MR) is 143 cm³/mol. The van der Waals surface area contributed by atoms with Crippen molar-refractivity contribution in [1.29, 1.82) is 0 Å². The lowest BCUT2D eigenvalue weighted by molar-refractivity contribution is -0.0294. The molecule has 0 spiro atoms. The van der Waals surface area contributed by atoms with E-state index in [1.54, 1.807) is 36.8 Å². The van der Waals surface area contributed by atoms with Gasteiger partial charge in [0.25, 0.3) is 0 Å². The van der Waals surface area contributed by atoms with Gasteiger partial charge in [-0.3, -0.25) is 0 Å². The summed E-state index contributed by atoms with van der Waals surface area (Å²) >= 11 is 0. The Bertz CT molecular complexity index is 701. The number of benzene rings is 1. The summed E-state index contributed by atoms with van der Waals surface area (Å²) in [7, 11) is 0. The van der Waals surface area contributed by atoms with Crippen LogP contribution in [0.2, 0.25) is 0 Å². The van der Waals surface area contributed by atoms with Crippen LogP contribution in [0.15, 0.2) is 24.3 Å². The second kappa shape index (κ2) is 10.5. The molecule has 5 aliphatic carbocycles. The van der Waals surface area contributed by atoms with Gasteiger partial charge in [-0.2, -0.15) is 0 Å². The van der Waals surface area contributed by atoms with Crippen LogP contribution >= 0.6 is 0 Å². The highest BCUT2D eigenvalue weighted by molar-refractivity contribution is 5.33. The van der Waals surface area contributed by atoms with Crippen LogP contribution in [-0.2, 0) is 5.41 Å². The topological polar surface area (TPSA) is 0 Å².